The molecule has 1 saturated carbocycles. The second-order valence-electron chi connectivity index (χ2n) is 7.45. The Morgan fingerprint density at radius 1 is 1.24 bits per heavy atom. The number of rotatable bonds is 5. The molecule has 0 saturated heterocycles. The van der Waals surface area contributed by atoms with E-state index in [2.05, 4.69) is 29.0 Å². The number of nitrogens with zero attached hydrogens (tertiary/aromatic N) is 3. The summed E-state index contributed by atoms with van der Waals surface area (Å²) in [5.41, 5.74) is 1.28. The van der Waals surface area contributed by atoms with E-state index in [4.69, 9.17) is 4.74 Å². The predicted octanol–water partition coefficient (Wildman–Crippen LogP) is 3.56. The summed E-state index contributed by atoms with van der Waals surface area (Å²) in [6.45, 7) is 0. The molecular weight excluding hydrogens is 334 g/mol. The summed E-state index contributed by atoms with van der Waals surface area (Å²) in [7, 11) is 4.31. The zero-order chi connectivity index (χ0) is 17.4. The fraction of sp³-hybridized carbons (Fsp3) is 0.632. The summed E-state index contributed by atoms with van der Waals surface area (Å²) < 4.78 is 6.36. The highest BCUT2D eigenvalue weighted by Crippen LogP contribution is 2.47. The molecule has 5 nitrogen and oxygen atoms in total. The molecule has 134 valence electrons. The van der Waals surface area contributed by atoms with E-state index in [1.54, 1.807) is 17.7 Å². The molecule has 6 heteroatoms. The molecule has 25 heavy (non-hydrogen) atoms. The monoisotopic (exact) mass is 359 g/mol. The van der Waals surface area contributed by atoms with E-state index in [1.165, 1.54) is 23.3 Å². The minimum absolute atomic E-state index is 0.232. The third-order valence-electron chi connectivity index (χ3n) is 5.73. The third kappa shape index (κ3) is 3.17. The highest BCUT2D eigenvalue weighted by atomic mass is 32.1. The molecule has 0 unspecified atom stereocenters. The average Bonchev–Trinajstić information content (AvgIpc) is 3.16. The van der Waals surface area contributed by atoms with Crippen molar-refractivity contribution >= 4 is 27.8 Å². The number of fused-ring (bicyclic) bond motifs is 3. The van der Waals surface area contributed by atoms with Gasteiger partial charge in [0.25, 0.3) is 0 Å². The molecular formula is C19H25N3O2S. The third-order valence-corrected chi connectivity index (χ3v) is 6.90. The molecule has 4 rings (SSSR count). The maximum absolute atomic E-state index is 11.1. The van der Waals surface area contributed by atoms with Gasteiger partial charge in [-0.2, -0.15) is 0 Å². The second kappa shape index (κ2) is 7.00. The van der Waals surface area contributed by atoms with Gasteiger partial charge < -0.3 is 14.4 Å². The summed E-state index contributed by atoms with van der Waals surface area (Å²) in [6, 6.07) is 0.660. The van der Waals surface area contributed by atoms with Crippen molar-refractivity contribution in [3.63, 3.8) is 0 Å². The summed E-state index contributed by atoms with van der Waals surface area (Å²) in [6.07, 6.45) is 10.0. The Hall–Kier alpha value is -1.53. The van der Waals surface area contributed by atoms with Crippen LogP contribution in [0.25, 0.3) is 10.2 Å². The fourth-order valence-electron chi connectivity index (χ4n) is 4.32. The van der Waals surface area contributed by atoms with Crippen molar-refractivity contribution in [3.05, 3.63) is 16.8 Å². The summed E-state index contributed by atoms with van der Waals surface area (Å²) in [5, 5.41) is 1.07. The summed E-state index contributed by atoms with van der Waals surface area (Å²) in [4.78, 5) is 24.7. The van der Waals surface area contributed by atoms with Gasteiger partial charge in [0, 0.05) is 17.3 Å². The molecule has 2 aromatic rings. The lowest BCUT2D eigenvalue weighted by atomic mass is 9.92. The lowest BCUT2D eigenvalue weighted by Gasteiger charge is -2.32. The first-order chi connectivity index (χ1) is 12.2. The van der Waals surface area contributed by atoms with Gasteiger partial charge in [0.1, 0.15) is 23.5 Å². The van der Waals surface area contributed by atoms with Crippen LogP contribution in [0.1, 0.15) is 54.9 Å². The Balaban J connectivity index is 1.59. The zero-order valence-corrected chi connectivity index (χ0v) is 15.7. The molecule has 0 aromatic carbocycles. The van der Waals surface area contributed by atoms with E-state index in [0.29, 0.717) is 18.4 Å². The molecule has 2 aromatic heterocycles. The maximum atomic E-state index is 11.1. The summed E-state index contributed by atoms with van der Waals surface area (Å²) in [5.74, 6) is 1.03. The van der Waals surface area contributed by atoms with Crippen LogP contribution in [0.2, 0.25) is 0 Å². The standard InChI is InChI=1S/C19H25N3O2S/c1-22(2)13-4-6-14(7-5-13)24-18-17-16-12(9-10-23)3-8-15(16)25-19(17)21-11-20-18/h10-14H,3-9H2,1-2H3/t12-,13-,14-/m1/s1. The van der Waals surface area contributed by atoms with E-state index in [-0.39, 0.29) is 6.10 Å². The highest BCUT2D eigenvalue weighted by Gasteiger charge is 2.31. The topological polar surface area (TPSA) is 55.3 Å². The van der Waals surface area contributed by atoms with Gasteiger partial charge in [-0.1, -0.05) is 0 Å². The van der Waals surface area contributed by atoms with Gasteiger partial charge in [-0.05, 0) is 64.1 Å². The van der Waals surface area contributed by atoms with E-state index in [0.717, 1.165) is 48.1 Å². The Morgan fingerprint density at radius 3 is 2.76 bits per heavy atom. The Kier molecular flexibility index (Phi) is 4.73. The highest BCUT2D eigenvalue weighted by molar-refractivity contribution is 7.19. The molecule has 0 bridgehead atoms. The normalized spacial score (nSPS) is 26.1. The van der Waals surface area contributed by atoms with Crippen LogP contribution in [-0.2, 0) is 11.2 Å². The van der Waals surface area contributed by atoms with Gasteiger partial charge in [0.05, 0.1) is 5.39 Å². The van der Waals surface area contributed by atoms with Gasteiger partial charge in [0.15, 0.2) is 0 Å². The van der Waals surface area contributed by atoms with Gasteiger partial charge in [-0.25, -0.2) is 9.97 Å². The van der Waals surface area contributed by atoms with Crippen LogP contribution >= 0.6 is 11.3 Å². The molecule has 0 aliphatic heterocycles. The first-order valence-electron chi connectivity index (χ1n) is 9.20. The smallest absolute Gasteiger partial charge is 0.225 e. The fourth-order valence-corrected chi connectivity index (χ4v) is 5.55. The predicted molar refractivity (Wildman–Crippen MR) is 99.5 cm³/mol. The van der Waals surface area contributed by atoms with Crippen molar-refractivity contribution in [2.24, 2.45) is 0 Å². The Labute approximate surface area is 152 Å². The molecule has 2 heterocycles. The van der Waals surface area contributed by atoms with Gasteiger partial charge in [-0.15, -0.1) is 11.3 Å². The SMILES string of the molecule is CN(C)[C@H]1CC[C@H](Oc2ncnc3sc4c(c23)[C@@H](CC=O)CC4)CC1. The number of aromatic nitrogens is 2. The van der Waals surface area contributed by atoms with Crippen molar-refractivity contribution in [3.8, 4) is 5.88 Å². The molecule has 2 aliphatic carbocycles. The Bertz CT molecular complexity index is 765. The van der Waals surface area contributed by atoms with Gasteiger partial charge in [0.2, 0.25) is 5.88 Å². The number of hydrogen-bond acceptors (Lipinski definition) is 6. The molecule has 1 fully saturated rings. The molecule has 0 radical (unpaired) electrons. The van der Waals surface area contributed by atoms with Crippen LogP contribution in [0.15, 0.2) is 6.33 Å². The number of aldehydes is 1. The van der Waals surface area contributed by atoms with E-state index in [9.17, 15) is 4.79 Å². The van der Waals surface area contributed by atoms with Crippen LogP contribution in [0, 0.1) is 0 Å². The van der Waals surface area contributed by atoms with Crippen LogP contribution in [-0.4, -0.2) is 47.4 Å². The lowest BCUT2D eigenvalue weighted by molar-refractivity contribution is -0.108. The van der Waals surface area contributed by atoms with E-state index >= 15 is 0 Å². The van der Waals surface area contributed by atoms with Gasteiger partial charge >= 0.3 is 0 Å². The van der Waals surface area contributed by atoms with Crippen LogP contribution < -0.4 is 4.74 Å². The average molecular weight is 359 g/mol. The molecule has 0 spiro atoms. The molecule has 1 atom stereocenters. The number of hydrogen-bond donors (Lipinski definition) is 0. The molecule has 0 N–H and O–H groups in total. The lowest BCUT2D eigenvalue weighted by Crippen LogP contribution is -2.35. The minimum atomic E-state index is 0.232. The van der Waals surface area contributed by atoms with Crippen LogP contribution in [0.4, 0.5) is 0 Å². The maximum Gasteiger partial charge on any atom is 0.225 e. The van der Waals surface area contributed by atoms with Crippen molar-refractivity contribution in [1.29, 1.82) is 0 Å². The number of thiophene rings is 1. The minimum Gasteiger partial charge on any atom is -0.474 e. The number of aryl methyl sites for hydroxylation is 1. The molecule has 2 aliphatic rings. The number of carbonyl (C=O) groups is 1. The second-order valence-corrected chi connectivity index (χ2v) is 8.53. The number of carbonyl (C=O) groups excluding carboxylic acids is 1. The van der Waals surface area contributed by atoms with Gasteiger partial charge in [-0.3, -0.25) is 0 Å². The van der Waals surface area contributed by atoms with Crippen molar-refractivity contribution < 1.29 is 9.53 Å². The quantitative estimate of drug-likeness (QED) is 0.764. The van der Waals surface area contributed by atoms with Crippen LogP contribution in [0.5, 0.6) is 5.88 Å². The van der Waals surface area contributed by atoms with E-state index in [1.807, 2.05) is 0 Å². The Morgan fingerprint density at radius 2 is 2.04 bits per heavy atom. The van der Waals surface area contributed by atoms with Crippen molar-refractivity contribution in [2.75, 3.05) is 14.1 Å². The van der Waals surface area contributed by atoms with Crippen molar-refractivity contribution in [2.45, 2.75) is 63.0 Å². The first-order valence-corrected chi connectivity index (χ1v) is 10.0. The van der Waals surface area contributed by atoms with Crippen LogP contribution in [0.3, 0.4) is 0 Å². The molecule has 0 amide bonds. The van der Waals surface area contributed by atoms with Crippen molar-refractivity contribution in [1.82, 2.24) is 14.9 Å². The summed E-state index contributed by atoms with van der Waals surface area (Å²) >= 11 is 1.74. The number of ether oxygens (including phenoxy) is 1. The largest absolute Gasteiger partial charge is 0.474 e. The first kappa shape index (κ1) is 16.9. The zero-order valence-electron chi connectivity index (χ0n) is 14.9. The van der Waals surface area contributed by atoms with E-state index < -0.39 is 0 Å².